The number of carbonyl (C=O) groups is 5. The van der Waals surface area contributed by atoms with Crippen LogP contribution in [0.1, 0.15) is 76.9 Å². The summed E-state index contributed by atoms with van der Waals surface area (Å²) in [6.07, 6.45) is 1.10. The van der Waals surface area contributed by atoms with Gasteiger partial charge in [0.25, 0.3) is 5.91 Å². The lowest BCUT2D eigenvalue weighted by molar-refractivity contribution is -0.262. The number of rotatable bonds is 11. The Balaban J connectivity index is 1.66. The maximum Gasteiger partial charge on any atom is 0.313 e. The Morgan fingerprint density at radius 1 is 1.02 bits per heavy atom. The number of anilines is 1. The quantitative estimate of drug-likeness (QED) is 0.0708. The molecule has 1 amide bonds. The van der Waals surface area contributed by atoms with Gasteiger partial charge in [0.1, 0.15) is 23.2 Å². The Kier molecular flexibility index (Phi) is 13.3. The molecule has 1 aromatic rings. The smallest absolute Gasteiger partial charge is 0.313 e. The first-order chi connectivity index (χ1) is 25.7. The molecule has 2 heterocycles. The second-order valence-corrected chi connectivity index (χ2v) is 14.1. The molecule has 15 heteroatoms. The lowest BCUT2D eigenvalue weighted by Crippen LogP contribution is -2.57. The van der Waals surface area contributed by atoms with E-state index in [4.69, 9.17) is 23.7 Å². The fourth-order valence-electron chi connectivity index (χ4n) is 6.98. The molecule has 2 aliphatic heterocycles. The molecule has 0 radical (unpaired) electrons. The zero-order valence-electron chi connectivity index (χ0n) is 32.5. The number of carbonyl (C=O) groups excluding carboxylic acids is 5. The largest absolute Gasteiger partial charge is 0.505 e. The highest BCUT2D eigenvalue weighted by atomic mass is 16.7. The van der Waals surface area contributed by atoms with Crippen molar-refractivity contribution in [2.24, 2.45) is 23.7 Å². The summed E-state index contributed by atoms with van der Waals surface area (Å²) < 4.78 is 27.6. The zero-order chi connectivity index (χ0) is 41.2. The van der Waals surface area contributed by atoms with Crippen LogP contribution in [0, 0.1) is 30.6 Å². The normalized spacial score (nSPS) is 24.6. The van der Waals surface area contributed by atoms with Gasteiger partial charge in [0.2, 0.25) is 6.79 Å². The number of methoxy groups -OCH3 is 1. The maximum atomic E-state index is 13.8. The Hall–Kier alpha value is -5.09. The van der Waals surface area contributed by atoms with Crippen molar-refractivity contribution in [3.05, 3.63) is 69.2 Å². The standard InChI is InChI=1S/C40H49NO14/c1-16(30(44)21(6)37-28(40(50)51-10)32(46)23(8)39(49)55-37)12-11-13-17(2)38(48)41-29-20(5)36(54-24(9)43)25-26(33(29)47)31(45)22(7)35-27(25)34(52-15-53-35)18(3)14-19(4)42/h11-14,16,21,23,28,30,32,37,39,44,46-47,49H,15H2,1-10H3,(H,41,48). The molecule has 1 fully saturated rings. The summed E-state index contributed by atoms with van der Waals surface area (Å²) in [6.45, 7) is 13.2. The minimum atomic E-state index is -1.37. The summed E-state index contributed by atoms with van der Waals surface area (Å²) in [6, 6.07) is 0. The van der Waals surface area contributed by atoms with Crippen molar-refractivity contribution in [1.29, 1.82) is 0 Å². The number of hydrogen-bond acceptors (Lipinski definition) is 14. The summed E-state index contributed by atoms with van der Waals surface area (Å²) in [5.41, 5.74) is 0.454. The lowest BCUT2D eigenvalue weighted by atomic mass is 9.76. The van der Waals surface area contributed by atoms with Crippen LogP contribution in [0.3, 0.4) is 0 Å². The number of aliphatic hydroxyl groups is 3. The van der Waals surface area contributed by atoms with E-state index >= 15 is 0 Å². The lowest BCUT2D eigenvalue weighted by Gasteiger charge is -2.44. The van der Waals surface area contributed by atoms with E-state index in [9.17, 15) is 44.4 Å². The molecule has 0 spiro atoms. The summed E-state index contributed by atoms with van der Waals surface area (Å²) in [5.74, 6) is -6.78. The van der Waals surface area contributed by atoms with E-state index in [0.29, 0.717) is 5.57 Å². The van der Waals surface area contributed by atoms with Crippen LogP contribution in [-0.2, 0) is 38.1 Å². The third kappa shape index (κ3) is 8.44. The Morgan fingerprint density at radius 2 is 1.67 bits per heavy atom. The number of benzene rings is 1. The number of phenolic OH excluding ortho intramolecular Hbond substituents is 1. The molecule has 1 aromatic carbocycles. The van der Waals surface area contributed by atoms with Crippen LogP contribution in [0.15, 0.2) is 52.5 Å². The summed E-state index contributed by atoms with van der Waals surface area (Å²) in [4.78, 5) is 64.2. The van der Waals surface area contributed by atoms with Crippen LogP contribution >= 0.6 is 0 Å². The number of phenols is 1. The van der Waals surface area contributed by atoms with Crippen molar-refractivity contribution in [2.75, 3.05) is 19.2 Å². The average molecular weight is 768 g/mol. The number of ketones is 2. The third-order valence-corrected chi connectivity index (χ3v) is 10.1. The summed E-state index contributed by atoms with van der Waals surface area (Å²) in [7, 11) is 1.17. The van der Waals surface area contributed by atoms with E-state index < -0.39 is 77.7 Å². The van der Waals surface area contributed by atoms with E-state index in [-0.39, 0.29) is 68.9 Å². The van der Waals surface area contributed by atoms with Gasteiger partial charge in [-0.1, -0.05) is 39.0 Å². The molecule has 8 atom stereocenters. The van der Waals surface area contributed by atoms with Crippen LogP contribution in [-0.4, -0.2) is 88.3 Å². The predicted octanol–water partition coefficient (Wildman–Crippen LogP) is 3.92. The Morgan fingerprint density at radius 3 is 2.27 bits per heavy atom. The fraction of sp³-hybridized carbons (Fsp3) is 0.475. The summed E-state index contributed by atoms with van der Waals surface area (Å²) in [5, 5.41) is 46.5. The maximum absolute atomic E-state index is 13.8. The monoisotopic (exact) mass is 767 g/mol. The van der Waals surface area contributed by atoms with Gasteiger partial charge < -0.3 is 49.4 Å². The molecule has 55 heavy (non-hydrogen) atoms. The van der Waals surface area contributed by atoms with Gasteiger partial charge in [0.15, 0.2) is 23.6 Å². The second-order valence-electron chi connectivity index (χ2n) is 14.1. The van der Waals surface area contributed by atoms with Crippen molar-refractivity contribution in [1.82, 2.24) is 0 Å². The first-order valence-corrected chi connectivity index (χ1v) is 17.7. The van der Waals surface area contributed by atoms with Crippen LogP contribution in [0.2, 0.25) is 0 Å². The average Bonchev–Trinajstić information content (AvgIpc) is 3.13. The Labute approximate surface area is 318 Å². The molecule has 15 nitrogen and oxygen atoms in total. The highest BCUT2D eigenvalue weighted by molar-refractivity contribution is 6.21. The van der Waals surface area contributed by atoms with Gasteiger partial charge in [-0.15, -0.1) is 0 Å². The SMILES string of the molecule is COC(=O)C1C(O)C(C)C(O)OC1C(C)C(O)C(C)C=CC=C(C)C(=O)Nc1c(C)c(OC(C)=O)c2c(c1O)C(=O)C(C)=C1OCOC(C(C)=CC(C)=O)=C12. The van der Waals surface area contributed by atoms with Crippen molar-refractivity contribution in [3.8, 4) is 11.5 Å². The van der Waals surface area contributed by atoms with Gasteiger partial charge in [-0.05, 0) is 46.3 Å². The highest BCUT2D eigenvalue weighted by Gasteiger charge is 2.50. The number of aromatic hydroxyl groups is 1. The van der Waals surface area contributed by atoms with Crippen LogP contribution < -0.4 is 10.1 Å². The van der Waals surface area contributed by atoms with Gasteiger partial charge in [-0.3, -0.25) is 24.0 Å². The van der Waals surface area contributed by atoms with Crippen molar-refractivity contribution < 1.29 is 68.1 Å². The molecule has 5 N–H and O–H groups in total. The number of allylic oxidation sites excluding steroid dienone is 6. The molecule has 3 aliphatic rings. The van der Waals surface area contributed by atoms with Gasteiger partial charge in [0.05, 0.1) is 42.2 Å². The fourth-order valence-corrected chi connectivity index (χ4v) is 6.98. The van der Waals surface area contributed by atoms with Crippen molar-refractivity contribution in [3.63, 3.8) is 0 Å². The first-order valence-electron chi connectivity index (χ1n) is 17.7. The molecule has 8 unspecified atom stereocenters. The minimum absolute atomic E-state index is 0.00756. The van der Waals surface area contributed by atoms with E-state index in [1.54, 1.807) is 26.8 Å². The molecule has 1 aliphatic carbocycles. The van der Waals surface area contributed by atoms with Gasteiger partial charge in [-0.25, -0.2) is 0 Å². The van der Waals surface area contributed by atoms with Crippen LogP contribution in [0.4, 0.5) is 5.69 Å². The third-order valence-electron chi connectivity index (χ3n) is 10.1. The van der Waals surface area contributed by atoms with Crippen molar-refractivity contribution in [2.45, 2.75) is 86.9 Å². The predicted molar refractivity (Wildman–Crippen MR) is 197 cm³/mol. The van der Waals surface area contributed by atoms with Crippen molar-refractivity contribution >= 4 is 40.7 Å². The number of fused-ring (bicyclic) bond motifs is 3. The number of esters is 2. The minimum Gasteiger partial charge on any atom is -0.505 e. The molecular weight excluding hydrogens is 718 g/mol. The topological polar surface area (TPSA) is 224 Å². The van der Waals surface area contributed by atoms with E-state index in [0.717, 1.165) is 6.92 Å². The zero-order valence-corrected chi connectivity index (χ0v) is 32.5. The summed E-state index contributed by atoms with van der Waals surface area (Å²) >= 11 is 0. The Bertz CT molecular complexity index is 1930. The molecule has 1 saturated heterocycles. The molecule has 4 rings (SSSR count). The number of ether oxygens (including phenoxy) is 5. The van der Waals surface area contributed by atoms with E-state index in [2.05, 4.69) is 5.32 Å². The van der Waals surface area contributed by atoms with Crippen LogP contribution in [0.25, 0.3) is 5.57 Å². The van der Waals surface area contributed by atoms with E-state index in [1.165, 1.54) is 60.0 Å². The van der Waals surface area contributed by atoms with Gasteiger partial charge in [-0.2, -0.15) is 0 Å². The first kappa shape index (κ1) is 42.6. The van der Waals surface area contributed by atoms with Gasteiger partial charge >= 0.3 is 11.9 Å². The molecular formula is C40H49NO14. The van der Waals surface area contributed by atoms with E-state index in [1.807, 2.05) is 0 Å². The highest BCUT2D eigenvalue weighted by Crippen LogP contribution is 2.52. The molecule has 0 aromatic heterocycles. The number of nitrogens with one attached hydrogen (secondary N) is 1. The number of amides is 1. The molecule has 0 saturated carbocycles. The number of hydrogen-bond donors (Lipinski definition) is 5. The molecule has 298 valence electrons. The molecule has 0 bridgehead atoms. The second kappa shape index (κ2) is 17.1. The number of aliphatic hydroxyl groups excluding tert-OH is 3. The number of Topliss-reactive ketones (excluding diaryl/α,β-unsaturated/α-hetero) is 1. The van der Waals surface area contributed by atoms with Crippen LogP contribution in [0.5, 0.6) is 11.5 Å². The van der Waals surface area contributed by atoms with Gasteiger partial charge in [0, 0.05) is 47.0 Å².